The van der Waals surface area contributed by atoms with E-state index in [1.807, 2.05) is 20.8 Å². The highest BCUT2D eigenvalue weighted by molar-refractivity contribution is 6.05. The second kappa shape index (κ2) is 7.74. The minimum atomic E-state index is -0.585. The van der Waals surface area contributed by atoms with Crippen molar-refractivity contribution >= 4 is 17.5 Å². The van der Waals surface area contributed by atoms with E-state index in [-0.39, 0.29) is 11.8 Å². The first-order valence-corrected chi connectivity index (χ1v) is 8.32. The molecule has 2 amide bonds. The lowest BCUT2D eigenvalue weighted by Crippen LogP contribution is -2.48. The maximum absolute atomic E-state index is 12.6. The summed E-state index contributed by atoms with van der Waals surface area (Å²) in [5.74, 6) is 0.893. The number of anilines is 1. The zero-order valence-electron chi connectivity index (χ0n) is 15.5. The molecule has 7 heteroatoms. The van der Waals surface area contributed by atoms with E-state index in [1.54, 1.807) is 12.1 Å². The van der Waals surface area contributed by atoms with Crippen LogP contribution in [-0.2, 0) is 4.79 Å². The second-order valence-electron chi connectivity index (χ2n) is 7.19. The molecule has 0 spiro atoms. The lowest BCUT2D eigenvalue weighted by molar-refractivity contribution is -0.123. The minimum absolute atomic E-state index is 0.183. The number of ether oxygens (including phenoxy) is 2. The summed E-state index contributed by atoms with van der Waals surface area (Å²) in [6, 6.07) is 3.20. The Bertz CT molecular complexity index is 648. The molecular formula is C18H27N3O4. The Morgan fingerprint density at radius 1 is 1.16 bits per heavy atom. The zero-order chi connectivity index (χ0) is 18.6. The maximum Gasteiger partial charge on any atom is 0.253 e. The van der Waals surface area contributed by atoms with Crippen molar-refractivity contribution in [3.05, 3.63) is 17.7 Å². The summed E-state index contributed by atoms with van der Waals surface area (Å²) in [6.45, 7) is 7.83. The topological polar surface area (TPSA) is 88.7 Å². The number of methoxy groups -OCH3 is 2. The molecule has 0 unspecified atom stereocenters. The first kappa shape index (κ1) is 19.1. The average Bonchev–Trinajstić information content (AvgIpc) is 2.51. The van der Waals surface area contributed by atoms with Crippen molar-refractivity contribution in [3.8, 4) is 11.5 Å². The van der Waals surface area contributed by atoms with Gasteiger partial charge in [0.2, 0.25) is 5.91 Å². The average molecular weight is 349 g/mol. The fourth-order valence-electron chi connectivity index (χ4n) is 2.31. The highest BCUT2D eigenvalue weighted by atomic mass is 16.5. The van der Waals surface area contributed by atoms with Crippen LogP contribution >= 0.6 is 0 Å². The van der Waals surface area contributed by atoms with Gasteiger partial charge in [0.25, 0.3) is 5.91 Å². The van der Waals surface area contributed by atoms with Crippen molar-refractivity contribution in [1.29, 1.82) is 0 Å². The molecule has 0 bridgehead atoms. The molecular weight excluding hydrogens is 322 g/mol. The van der Waals surface area contributed by atoms with E-state index in [4.69, 9.17) is 9.47 Å². The van der Waals surface area contributed by atoms with E-state index in [0.717, 1.165) is 13.1 Å². The molecule has 0 aliphatic carbocycles. The van der Waals surface area contributed by atoms with Crippen molar-refractivity contribution in [3.63, 3.8) is 0 Å². The standard InChI is InChI=1S/C18H27N3O4/c1-18(2,3)17(23)21-13-7-15(25-5)14(24-4)6-12(13)16(22)20-10-11-8-19-9-11/h6-7,11,19H,8-10H2,1-5H3,(H,20,22)(H,21,23). The summed E-state index contributed by atoms with van der Waals surface area (Å²) < 4.78 is 10.6. The van der Waals surface area contributed by atoms with Crippen LogP contribution in [0.5, 0.6) is 11.5 Å². The summed E-state index contributed by atoms with van der Waals surface area (Å²) >= 11 is 0. The molecule has 0 atom stereocenters. The van der Waals surface area contributed by atoms with Crippen molar-refractivity contribution in [2.75, 3.05) is 39.2 Å². The Morgan fingerprint density at radius 2 is 1.76 bits per heavy atom. The Balaban J connectivity index is 2.29. The summed E-state index contributed by atoms with van der Waals surface area (Å²) in [5.41, 5.74) is 0.169. The van der Waals surface area contributed by atoms with Crippen LogP contribution in [0.4, 0.5) is 5.69 Å². The van der Waals surface area contributed by atoms with Gasteiger partial charge < -0.3 is 25.4 Å². The first-order chi connectivity index (χ1) is 11.8. The van der Waals surface area contributed by atoms with E-state index in [2.05, 4.69) is 16.0 Å². The normalized spacial score (nSPS) is 14.4. The van der Waals surface area contributed by atoms with Gasteiger partial charge in [0.05, 0.1) is 25.5 Å². The van der Waals surface area contributed by atoms with Gasteiger partial charge in [-0.3, -0.25) is 9.59 Å². The molecule has 1 saturated heterocycles. The van der Waals surface area contributed by atoms with Crippen LogP contribution in [0.3, 0.4) is 0 Å². The van der Waals surface area contributed by atoms with Gasteiger partial charge in [0, 0.05) is 37.0 Å². The number of carbonyl (C=O) groups is 2. The summed E-state index contributed by atoms with van der Waals surface area (Å²) in [6.07, 6.45) is 0. The summed E-state index contributed by atoms with van der Waals surface area (Å²) in [4.78, 5) is 25.0. The van der Waals surface area contributed by atoms with Crippen molar-refractivity contribution < 1.29 is 19.1 Å². The van der Waals surface area contributed by atoms with E-state index < -0.39 is 5.41 Å². The zero-order valence-corrected chi connectivity index (χ0v) is 15.5. The van der Waals surface area contributed by atoms with Gasteiger partial charge in [0.15, 0.2) is 11.5 Å². The molecule has 138 valence electrons. The number of rotatable bonds is 6. The van der Waals surface area contributed by atoms with Gasteiger partial charge in [-0.05, 0) is 6.07 Å². The molecule has 2 rings (SSSR count). The smallest absolute Gasteiger partial charge is 0.253 e. The number of hydrogen-bond acceptors (Lipinski definition) is 5. The third-order valence-corrected chi connectivity index (χ3v) is 4.12. The number of amides is 2. The number of nitrogens with one attached hydrogen (secondary N) is 3. The van der Waals surface area contributed by atoms with Gasteiger partial charge in [-0.1, -0.05) is 20.8 Å². The van der Waals surface area contributed by atoms with E-state index >= 15 is 0 Å². The molecule has 1 aliphatic heterocycles. The number of carbonyl (C=O) groups excluding carboxylic acids is 2. The van der Waals surface area contributed by atoms with Crippen LogP contribution in [-0.4, -0.2) is 45.7 Å². The SMILES string of the molecule is COc1cc(NC(=O)C(C)(C)C)c(C(=O)NCC2CNC2)cc1OC. The highest BCUT2D eigenvalue weighted by Gasteiger charge is 2.25. The lowest BCUT2D eigenvalue weighted by atomic mass is 9.95. The predicted octanol–water partition coefficient (Wildman–Crippen LogP) is 1.64. The van der Waals surface area contributed by atoms with Crippen LogP contribution in [0.25, 0.3) is 0 Å². The van der Waals surface area contributed by atoms with Crippen molar-refractivity contribution in [1.82, 2.24) is 10.6 Å². The Hall–Kier alpha value is -2.28. The predicted molar refractivity (Wildman–Crippen MR) is 96.3 cm³/mol. The van der Waals surface area contributed by atoms with E-state index in [1.165, 1.54) is 14.2 Å². The summed E-state index contributed by atoms with van der Waals surface area (Å²) in [5, 5.41) is 8.91. The molecule has 1 aromatic carbocycles. The molecule has 0 radical (unpaired) electrons. The third kappa shape index (κ3) is 4.63. The molecule has 1 fully saturated rings. The number of hydrogen-bond donors (Lipinski definition) is 3. The Labute approximate surface area is 148 Å². The lowest BCUT2D eigenvalue weighted by Gasteiger charge is -2.27. The molecule has 1 aliphatic rings. The van der Waals surface area contributed by atoms with Gasteiger partial charge in [0.1, 0.15) is 0 Å². The first-order valence-electron chi connectivity index (χ1n) is 8.32. The minimum Gasteiger partial charge on any atom is -0.493 e. The van der Waals surface area contributed by atoms with Crippen LogP contribution in [0.15, 0.2) is 12.1 Å². The van der Waals surface area contributed by atoms with Gasteiger partial charge in [-0.25, -0.2) is 0 Å². The monoisotopic (exact) mass is 349 g/mol. The third-order valence-electron chi connectivity index (χ3n) is 4.12. The largest absolute Gasteiger partial charge is 0.493 e. The highest BCUT2D eigenvalue weighted by Crippen LogP contribution is 2.34. The molecule has 7 nitrogen and oxygen atoms in total. The van der Waals surface area contributed by atoms with Crippen LogP contribution in [0.1, 0.15) is 31.1 Å². The fraction of sp³-hybridized carbons (Fsp3) is 0.556. The van der Waals surface area contributed by atoms with Gasteiger partial charge in [-0.15, -0.1) is 0 Å². The van der Waals surface area contributed by atoms with Crippen LogP contribution < -0.4 is 25.4 Å². The molecule has 1 aromatic rings. The van der Waals surface area contributed by atoms with E-state index in [9.17, 15) is 9.59 Å². The molecule has 3 N–H and O–H groups in total. The second-order valence-corrected chi connectivity index (χ2v) is 7.19. The quantitative estimate of drug-likeness (QED) is 0.727. The van der Waals surface area contributed by atoms with Gasteiger partial charge >= 0.3 is 0 Å². The van der Waals surface area contributed by atoms with Crippen molar-refractivity contribution in [2.45, 2.75) is 20.8 Å². The van der Waals surface area contributed by atoms with Crippen LogP contribution in [0, 0.1) is 11.3 Å². The van der Waals surface area contributed by atoms with Crippen LogP contribution in [0.2, 0.25) is 0 Å². The van der Waals surface area contributed by atoms with E-state index in [0.29, 0.717) is 35.2 Å². The Kier molecular flexibility index (Phi) is 5.89. The Morgan fingerprint density at radius 3 is 2.24 bits per heavy atom. The molecule has 0 saturated carbocycles. The number of benzene rings is 1. The maximum atomic E-state index is 12.6. The van der Waals surface area contributed by atoms with Gasteiger partial charge in [-0.2, -0.15) is 0 Å². The molecule has 0 aromatic heterocycles. The molecule has 25 heavy (non-hydrogen) atoms. The van der Waals surface area contributed by atoms with Crippen molar-refractivity contribution in [2.24, 2.45) is 11.3 Å². The summed E-state index contributed by atoms with van der Waals surface area (Å²) in [7, 11) is 3.02. The fourth-order valence-corrected chi connectivity index (χ4v) is 2.31. The molecule has 1 heterocycles.